The minimum absolute atomic E-state index is 0.170. The maximum atomic E-state index is 12.2. The van der Waals surface area contributed by atoms with E-state index in [1.165, 1.54) is 6.07 Å². The van der Waals surface area contributed by atoms with E-state index in [0.29, 0.717) is 16.9 Å². The van der Waals surface area contributed by atoms with Crippen molar-refractivity contribution in [3.05, 3.63) is 82.1 Å². The normalized spacial score (nSPS) is 10.3. The predicted octanol–water partition coefficient (Wildman–Crippen LogP) is 3.00. The van der Waals surface area contributed by atoms with Crippen LogP contribution in [0.3, 0.4) is 0 Å². The molecule has 1 aromatic heterocycles. The zero-order chi connectivity index (χ0) is 16.2. The van der Waals surface area contributed by atoms with Crippen LogP contribution >= 0.6 is 0 Å². The molecule has 23 heavy (non-hydrogen) atoms. The van der Waals surface area contributed by atoms with Crippen LogP contribution in [-0.4, -0.2) is 16.1 Å². The lowest BCUT2D eigenvalue weighted by Gasteiger charge is -2.07. The number of aromatic nitrogens is 2. The van der Waals surface area contributed by atoms with Crippen molar-refractivity contribution in [2.45, 2.75) is 6.92 Å². The summed E-state index contributed by atoms with van der Waals surface area (Å²) < 4.78 is 0. The van der Waals surface area contributed by atoms with Crippen molar-refractivity contribution in [3.8, 4) is 11.3 Å². The van der Waals surface area contributed by atoms with Crippen LogP contribution in [0.1, 0.15) is 15.9 Å². The maximum Gasteiger partial charge on any atom is 0.264 e. The van der Waals surface area contributed by atoms with Gasteiger partial charge >= 0.3 is 0 Å². The molecular weight excluding hydrogens is 290 g/mol. The summed E-state index contributed by atoms with van der Waals surface area (Å²) in [4.78, 5) is 23.3. The van der Waals surface area contributed by atoms with E-state index in [1.54, 1.807) is 24.3 Å². The molecule has 0 atom stereocenters. The molecule has 2 aromatic carbocycles. The first-order valence-electron chi connectivity index (χ1n) is 7.16. The van der Waals surface area contributed by atoms with Gasteiger partial charge in [0.05, 0.1) is 5.69 Å². The molecule has 5 nitrogen and oxygen atoms in total. The van der Waals surface area contributed by atoms with Crippen molar-refractivity contribution in [2.75, 3.05) is 5.32 Å². The molecule has 0 aliphatic carbocycles. The molecule has 0 radical (unpaired) electrons. The smallest absolute Gasteiger partial charge is 0.264 e. The molecule has 0 unspecified atom stereocenters. The highest BCUT2D eigenvalue weighted by Gasteiger charge is 2.07. The zero-order valence-corrected chi connectivity index (χ0v) is 12.5. The summed E-state index contributed by atoms with van der Waals surface area (Å²) in [6.45, 7) is 1.97. The summed E-state index contributed by atoms with van der Waals surface area (Å²) in [5.41, 5.74) is 3.56. The average molecular weight is 305 g/mol. The lowest BCUT2D eigenvalue weighted by molar-refractivity contribution is 0.102. The second-order valence-electron chi connectivity index (χ2n) is 5.21. The molecule has 0 bridgehead atoms. The van der Waals surface area contributed by atoms with Gasteiger partial charge in [0.15, 0.2) is 0 Å². The molecule has 114 valence electrons. The predicted molar refractivity (Wildman–Crippen MR) is 89.4 cm³/mol. The number of anilines is 1. The Bertz CT molecular complexity index is 878. The van der Waals surface area contributed by atoms with Gasteiger partial charge in [-0.15, -0.1) is 0 Å². The van der Waals surface area contributed by atoms with Crippen LogP contribution in [0.2, 0.25) is 0 Å². The molecule has 1 amide bonds. The number of nitrogens with zero attached hydrogens (tertiary/aromatic N) is 1. The average Bonchev–Trinajstić information content (AvgIpc) is 2.56. The molecule has 5 heteroatoms. The Hall–Kier alpha value is -3.21. The number of aryl methyl sites for hydroxylation is 1. The summed E-state index contributed by atoms with van der Waals surface area (Å²) in [5, 5.41) is 9.24. The van der Waals surface area contributed by atoms with Crippen LogP contribution in [-0.2, 0) is 0 Å². The Kier molecular flexibility index (Phi) is 4.01. The molecule has 2 N–H and O–H groups in total. The second-order valence-corrected chi connectivity index (χ2v) is 5.21. The van der Waals surface area contributed by atoms with Crippen molar-refractivity contribution < 1.29 is 4.79 Å². The number of carbonyl (C=O) groups excluding carboxylic acids is 1. The summed E-state index contributed by atoms with van der Waals surface area (Å²) >= 11 is 0. The van der Waals surface area contributed by atoms with Crippen LogP contribution in [0.15, 0.2) is 65.5 Å². The zero-order valence-electron chi connectivity index (χ0n) is 12.5. The number of benzene rings is 2. The van der Waals surface area contributed by atoms with Gasteiger partial charge in [-0.1, -0.05) is 29.8 Å². The number of hydrogen-bond donors (Lipinski definition) is 2. The van der Waals surface area contributed by atoms with E-state index >= 15 is 0 Å². The fourth-order valence-electron chi connectivity index (χ4n) is 2.17. The van der Waals surface area contributed by atoms with Gasteiger partial charge in [0.2, 0.25) is 0 Å². The Balaban J connectivity index is 1.82. The Morgan fingerprint density at radius 1 is 1.04 bits per heavy atom. The number of nitrogens with one attached hydrogen (secondary N) is 2. The van der Waals surface area contributed by atoms with Crippen LogP contribution in [0.5, 0.6) is 0 Å². The van der Waals surface area contributed by atoms with Crippen molar-refractivity contribution in [1.82, 2.24) is 10.2 Å². The van der Waals surface area contributed by atoms with Crippen molar-refractivity contribution >= 4 is 11.6 Å². The van der Waals surface area contributed by atoms with Crippen LogP contribution in [0.4, 0.5) is 5.69 Å². The third-order valence-corrected chi connectivity index (χ3v) is 3.41. The van der Waals surface area contributed by atoms with Gasteiger partial charge in [0, 0.05) is 22.9 Å². The summed E-state index contributed by atoms with van der Waals surface area (Å²) in [6, 6.07) is 17.7. The van der Waals surface area contributed by atoms with Crippen molar-refractivity contribution in [1.29, 1.82) is 0 Å². The minimum Gasteiger partial charge on any atom is -0.322 e. The van der Waals surface area contributed by atoms with Gasteiger partial charge in [-0.2, -0.15) is 5.10 Å². The fourth-order valence-corrected chi connectivity index (χ4v) is 2.17. The topological polar surface area (TPSA) is 74.8 Å². The summed E-state index contributed by atoms with van der Waals surface area (Å²) in [6.07, 6.45) is 0. The number of H-pyrrole nitrogens is 1. The first kappa shape index (κ1) is 14.7. The largest absolute Gasteiger partial charge is 0.322 e. The standard InChI is InChI=1S/C18H15N3O2/c1-12-5-7-13(8-6-12)18(23)19-15-4-2-3-14(11-15)16-9-10-17(22)21-20-16/h2-11H,1H3,(H,19,23)(H,21,22). The molecule has 0 saturated carbocycles. The molecule has 0 saturated heterocycles. The summed E-state index contributed by atoms with van der Waals surface area (Å²) in [7, 11) is 0. The molecule has 0 aliphatic rings. The van der Waals surface area contributed by atoms with E-state index in [2.05, 4.69) is 15.5 Å². The minimum atomic E-state index is -0.252. The molecule has 0 fully saturated rings. The lowest BCUT2D eigenvalue weighted by Crippen LogP contribution is -2.11. The van der Waals surface area contributed by atoms with E-state index < -0.39 is 0 Å². The third-order valence-electron chi connectivity index (χ3n) is 3.41. The lowest BCUT2D eigenvalue weighted by atomic mass is 10.1. The van der Waals surface area contributed by atoms with Crippen molar-refractivity contribution in [3.63, 3.8) is 0 Å². The van der Waals surface area contributed by atoms with Crippen LogP contribution in [0, 0.1) is 6.92 Å². The fraction of sp³-hybridized carbons (Fsp3) is 0.0556. The highest BCUT2D eigenvalue weighted by Crippen LogP contribution is 2.20. The van der Waals surface area contributed by atoms with E-state index in [0.717, 1.165) is 11.1 Å². The number of carbonyl (C=O) groups is 1. The highest BCUT2D eigenvalue weighted by molar-refractivity contribution is 6.04. The molecule has 0 aliphatic heterocycles. The number of amides is 1. The maximum absolute atomic E-state index is 12.2. The number of rotatable bonds is 3. The van der Waals surface area contributed by atoms with Gasteiger partial charge in [0.1, 0.15) is 0 Å². The van der Waals surface area contributed by atoms with E-state index in [1.807, 2.05) is 37.3 Å². The van der Waals surface area contributed by atoms with E-state index in [9.17, 15) is 9.59 Å². The monoisotopic (exact) mass is 305 g/mol. The summed E-state index contributed by atoms with van der Waals surface area (Å²) in [5.74, 6) is -0.170. The van der Waals surface area contributed by atoms with E-state index in [-0.39, 0.29) is 11.5 Å². The van der Waals surface area contributed by atoms with E-state index in [4.69, 9.17) is 0 Å². The van der Waals surface area contributed by atoms with Crippen LogP contribution in [0.25, 0.3) is 11.3 Å². The molecule has 1 heterocycles. The first-order valence-corrected chi connectivity index (χ1v) is 7.16. The van der Waals surface area contributed by atoms with Gasteiger partial charge in [-0.3, -0.25) is 9.59 Å². The van der Waals surface area contributed by atoms with Gasteiger partial charge in [-0.05, 0) is 37.3 Å². The Labute approximate surface area is 133 Å². The van der Waals surface area contributed by atoms with Gasteiger partial charge in [0.25, 0.3) is 11.5 Å². The van der Waals surface area contributed by atoms with Crippen LogP contribution < -0.4 is 10.9 Å². The SMILES string of the molecule is Cc1ccc(C(=O)Nc2cccc(-c3ccc(=O)[nH]n3)c2)cc1. The molecule has 3 rings (SSSR count). The second kappa shape index (κ2) is 6.27. The van der Waals surface area contributed by atoms with Gasteiger partial charge in [-0.25, -0.2) is 5.10 Å². The quantitative estimate of drug-likeness (QED) is 0.781. The highest BCUT2D eigenvalue weighted by atomic mass is 16.1. The Morgan fingerprint density at radius 3 is 2.52 bits per heavy atom. The molecule has 3 aromatic rings. The Morgan fingerprint density at radius 2 is 1.83 bits per heavy atom. The van der Waals surface area contributed by atoms with Gasteiger partial charge < -0.3 is 5.32 Å². The number of aromatic amines is 1. The first-order chi connectivity index (χ1) is 11.1. The number of hydrogen-bond acceptors (Lipinski definition) is 3. The molecule has 0 spiro atoms. The van der Waals surface area contributed by atoms with Crippen molar-refractivity contribution in [2.24, 2.45) is 0 Å². The third kappa shape index (κ3) is 3.52. The molecular formula is C18H15N3O2.